The van der Waals surface area contributed by atoms with Gasteiger partial charge in [0.25, 0.3) is 5.89 Å². The molecule has 7 nitrogen and oxygen atoms in total. The van der Waals surface area contributed by atoms with Crippen LogP contribution in [0.2, 0.25) is 0 Å². The van der Waals surface area contributed by atoms with Gasteiger partial charge in [0.15, 0.2) is 0 Å². The lowest BCUT2D eigenvalue weighted by molar-refractivity contribution is 0.0144. The molecule has 0 radical (unpaired) electrons. The van der Waals surface area contributed by atoms with Gasteiger partial charge in [-0.05, 0) is 38.1 Å². The highest BCUT2D eigenvalue weighted by Gasteiger charge is 2.30. The highest BCUT2D eigenvalue weighted by Crippen LogP contribution is 2.33. The summed E-state index contributed by atoms with van der Waals surface area (Å²) in [6.07, 6.45) is 5.56. The fraction of sp³-hybridized carbons (Fsp3) is 0.278. The predicted molar refractivity (Wildman–Crippen MR) is 88.6 cm³/mol. The molecule has 0 fully saturated rings. The Kier molecular flexibility index (Phi) is 4.42. The van der Waals surface area contributed by atoms with Crippen LogP contribution in [0.15, 0.2) is 40.6 Å². The molecule has 3 rings (SSSR count). The molecule has 2 aromatic heterocycles. The van der Waals surface area contributed by atoms with Crippen LogP contribution < -0.4 is 0 Å². The largest absolute Gasteiger partial charge is 0.371 e. The van der Waals surface area contributed by atoms with Crippen LogP contribution in [0.5, 0.6) is 0 Å². The molecule has 0 saturated carbocycles. The second-order valence-electron chi connectivity index (χ2n) is 5.77. The number of aromatic nitrogens is 3. The molecule has 1 aliphatic carbocycles. The quantitative estimate of drug-likeness (QED) is 0.845. The Morgan fingerprint density at radius 1 is 1.32 bits per heavy atom. The second-order valence-corrected chi connectivity index (χ2v) is 5.77. The molecule has 0 saturated heterocycles. The zero-order valence-corrected chi connectivity index (χ0v) is 13.9. The molecular formula is C18H15N5O2. The van der Waals surface area contributed by atoms with Crippen molar-refractivity contribution in [1.29, 1.82) is 10.5 Å². The van der Waals surface area contributed by atoms with E-state index in [9.17, 15) is 5.26 Å². The van der Waals surface area contributed by atoms with Gasteiger partial charge in [0.05, 0.1) is 17.2 Å². The Morgan fingerprint density at radius 2 is 2.16 bits per heavy atom. The van der Waals surface area contributed by atoms with Gasteiger partial charge in [0.1, 0.15) is 11.8 Å². The highest BCUT2D eigenvalue weighted by atomic mass is 16.5. The molecule has 7 heteroatoms. The number of nitrogens with zero attached hydrogens (tertiary/aromatic N) is 5. The predicted octanol–water partition coefficient (Wildman–Crippen LogP) is 3.04. The third-order valence-electron chi connectivity index (χ3n) is 3.74. The first-order valence-corrected chi connectivity index (χ1v) is 7.75. The van der Waals surface area contributed by atoms with Crippen LogP contribution in [0, 0.1) is 22.7 Å². The summed E-state index contributed by atoms with van der Waals surface area (Å²) in [5.74, 6) is 0.607. The molecule has 1 unspecified atom stereocenters. The first-order chi connectivity index (χ1) is 12.1. The van der Waals surface area contributed by atoms with E-state index in [1.807, 2.05) is 26.0 Å². The van der Waals surface area contributed by atoms with Crippen molar-refractivity contribution in [2.24, 2.45) is 0 Å². The first kappa shape index (κ1) is 16.6. The van der Waals surface area contributed by atoms with Crippen molar-refractivity contribution in [2.75, 3.05) is 6.61 Å². The maximum absolute atomic E-state index is 9.28. The van der Waals surface area contributed by atoms with Crippen molar-refractivity contribution >= 4 is 5.57 Å². The van der Waals surface area contributed by atoms with Crippen molar-refractivity contribution in [3.63, 3.8) is 0 Å². The van der Waals surface area contributed by atoms with Crippen molar-refractivity contribution in [2.45, 2.75) is 25.9 Å². The molecule has 0 bridgehead atoms. The Morgan fingerprint density at radius 3 is 2.80 bits per heavy atom. The van der Waals surface area contributed by atoms with Gasteiger partial charge in [-0.1, -0.05) is 5.16 Å². The Hall–Kier alpha value is -3.29. The van der Waals surface area contributed by atoms with Crippen molar-refractivity contribution in [1.82, 2.24) is 15.1 Å². The van der Waals surface area contributed by atoms with Crippen LogP contribution in [0.25, 0.3) is 17.1 Å². The molecular weight excluding hydrogens is 318 g/mol. The Labute approximate surface area is 144 Å². The summed E-state index contributed by atoms with van der Waals surface area (Å²) in [5, 5.41) is 22.0. The van der Waals surface area contributed by atoms with Crippen LogP contribution in [-0.4, -0.2) is 27.3 Å². The molecule has 2 aromatic rings. The third kappa shape index (κ3) is 3.47. The number of pyridine rings is 1. The van der Waals surface area contributed by atoms with E-state index in [1.54, 1.807) is 18.2 Å². The third-order valence-corrected chi connectivity index (χ3v) is 3.74. The fourth-order valence-electron chi connectivity index (χ4n) is 2.69. The molecule has 0 aliphatic heterocycles. The van der Waals surface area contributed by atoms with Gasteiger partial charge in [0, 0.05) is 30.4 Å². The SMILES string of the molecule is CCOC1(C)C=C(c2nc(-c3ccc(C#N)cn3)no2)C=C(C#N)C1. The molecule has 0 amide bonds. The number of rotatable bonds is 4. The molecule has 0 N–H and O–H groups in total. The summed E-state index contributed by atoms with van der Waals surface area (Å²) < 4.78 is 11.1. The van der Waals surface area contributed by atoms with E-state index < -0.39 is 5.60 Å². The van der Waals surface area contributed by atoms with E-state index in [2.05, 4.69) is 21.2 Å². The van der Waals surface area contributed by atoms with Gasteiger partial charge in [-0.15, -0.1) is 0 Å². The minimum absolute atomic E-state index is 0.291. The highest BCUT2D eigenvalue weighted by molar-refractivity contribution is 5.74. The van der Waals surface area contributed by atoms with Crippen molar-refractivity contribution in [3.8, 4) is 23.7 Å². The Bertz CT molecular complexity index is 928. The zero-order valence-electron chi connectivity index (χ0n) is 13.9. The van der Waals surface area contributed by atoms with Crippen LogP contribution >= 0.6 is 0 Å². The monoisotopic (exact) mass is 333 g/mol. The van der Waals surface area contributed by atoms with Gasteiger partial charge in [0.2, 0.25) is 5.82 Å². The van der Waals surface area contributed by atoms with E-state index in [0.29, 0.717) is 47.1 Å². The number of hydrogen-bond donors (Lipinski definition) is 0. The average Bonchev–Trinajstić information content (AvgIpc) is 3.11. The van der Waals surface area contributed by atoms with Gasteiger partial charge < -0.3 is 9.26 Å². The van der Waals surface area contributed by atoms with Crippen LogP contribution in [0.4, 0.5) is 0 Å². The van der Waals surface area contributed by atoms with E-state index in [-0.39, 0.29) is 0 Å². The normalized spacial score (nSPS) is 19.5. The molecule has 25 heavy (non-hydrogen) atoms. The lowest BCUT2D eigenvalue weighted by Gasteiger charge is -2.29. The van der Waals surface area contributed by atoms with Crippen molar-refractivity contribution < 1.29 is 9.26 Å². The van der Waals surface area contributed by atoms with E-state index >= 15 is 0 Å². The summed E-state index contributed by atoms with van der Waals surface area (Å²) in [6.45, 7) is 4.36. The van der Waals surface area contributed by atoms with E-state index in [1.165, 1.54) is 6.20 Å². The average molecular weight is 333 g/mol. The van der Waals surface area contributed by atoms with Gasteiger partial charge in [-0.25, -0.2) is 0 Å². The fourth-order valence-corrected chi connectivity index (χ4v) is 2.69. The number of allylic oxidation sites excluding steroid dienone is 2. The first-order valence-electron chi connectivity index (χ1n) is 7.75. The number of hydrogen-bond acceptors (Lipinski definition) is 7. The molecule has 1 atom stereocenters. The van der Waals surface area contributed by atoms with Gasteiger partial charge in [-0.2, -0.15) is 15.5 Å². The topological polar surface area (TPSA) is 109 Å². The maximum Gasteiger partial charge on any atom is 0.258 e. The number of ether oxygens (including phenoxy) is 1. The lowest BCUT2D eigenvalue weighted by atomic mass is 9.88. The molecule has 0 aromatic carbocycles. The van der Waals surface area contributed by atoms with E-state index in [0.717, 1.165) is 0 Å². The molecule has 2 heterocycles. The van der Waals surface area contributed by atoms with E-state index in [4.69, 9.17) is 14.5 Å². The smallest absolute Gasteiger partial charge is 0.258 e. The van der Waals surface area contributed by atoms with Crippen LogP contribution in [0.1, 0.15) is 31.7 Å². The molecule has 124 valence electrons. The van der Waals surface area contributed by atoms with Crippen LogP contribution in [-0.2, 0) is 4.74 Å². The molecule has 1 aliphatic rings. The standard InChI is InChI=1S/C18H15N5O2/c1-3-24-18(2)7-13(10-20)6-14(8-18)17-22-16(23-25-17)15-5-4-12(9-19)11-21-15/h4-6,8,11H,3,7H2,1-2H3. The minimum atomic E-state index is -0.592. The van der Waals surface area contributed by atoms with Crippen molar-refractivity contribution in [3.05, 3.63) is 47.5 Å². The summed E-state index contributed by atoms with van der Waals surface area (Å²) in [7, 11) is 0. The van der Waals surface area contributed by atoms with Crippen LogP contribution in [0.3, 0.4) is 0 Å². The van der Waals surface area contributed by atoms with Gasteiger partial charge >= 0.3 is 0 Å². The molecule has 0 spiro atoms. The summed E-state index contributed by atoms with van der Waals surface area (Å²) >= 11 is 0. The zero-order chi connectivity index (χ0) is 17.9. The summed E-state index contributed by atoms with van der Waals surface area (Å²) in [5.41, 5.74) is 1.60. The lowest BCUT2D eigenvalue weighted by Crippen LogP contribution is -2.29. The number of nitriles is 2. The summed E-state index contributed by atoms with van der Waals surface area (Å²) in [4.78, 5) is 8.50. The summed E-state index contributed by atoms with van der Waals surface area (Å²) in [6, 6.07) is 7.48. The van der Waals surface area contributed by atoms with Gasteiger partial charge in [-0.3, -0.25) is 4.98 Å². The maximum atomic E-state index is 9.28. The second kappa shape index (κ2) is 6.68. The Balaban J connectivity index is 1.95. The minimum Gasteiger partial charge on any atom is -0.371 e.